The Balaban J connectivity index is 1.34. The second-order valence-corrected chi connectivity index (χ2v) is 10.2. The van der Waals surface area contributed by atoms with E-state index in [1.54, 1.807) is 12.1 Å². The summed E-state index contributed by atoms with van der Waals surface area (Å²) in [6.07, 6.45) is 7.00. The Morgan fingerprint density at radius 2 is 1.49 bits per heavy atom. The number of piperidine rings is 1. The summed E-state index contributed by atoms with van der Waals surface area (Å²) in [5.41, 5.74) is 4.09. The van der Waals surface area contributed by atoms with E-state index in [1.807, 2.05) is 17.0 Å². The Labute approximate surface area is 208 Å². The molecule has 4 heteroatoms. The minimum atomic E-state index is -0.322. The van der Waals surface area contributed by atoms with Crippen LogP contribution in [-0.2, 0) is 0 Å². The van der Waals surface area contributed by atoms with Gasteiger partial charge in [0.2, 0.25) is 0 Å². The lowest BCUT2D eigenvalue weighted by Gasteiger charge is -2.45. The smallest absolute Gasteiger partial charge is 0.258 e. The van der Waals surface area contributed by atoms with Gasteiger partial charge < -0.3 is 4.90 Å². The summed E-state index contributed by atoms with van der Waals surface area (Å²) in [6.45, 7) is 4.05. The molecule has 0 aromatic heterocycles. The van der Waals surface area contributed by atoms with Gasteiger partial charge in [-0.1, -0.05) is 60.9 Å². The molecule has 182 valence electrons. The molecule has 3 aromatic carbocycles. The van der Waals surface area contributed by atoms with Crippen LogP contribution in [0, 0.1) is 12.7 Å². The summed E-state index contributed by atoms with van der Waals surface area (Å²) in [5.74, 6) is 0.222. The fraction of sp³-hybridized carbons (Fsp3) is 0.387. The number of halogens is 1. The van der Waals surface area contributed by atoms with Crippen molar-refractivity contribution >= 4 is 11.6 Å². The number of anilines is 1. The first kappa shape index (κ1) is 23.7. The molecule has 3 nitrogen and oxygen atoms in total. The van der Waals surface area contributed by atoms with Crippen molar-refractivity contribution in [2.45, 2.75) is 63.5 Å². The summed E-state index contributed by atoms with van der Waals surface area (Å²) in [6, 6.07) is 25.8. The number of rotatable bonds is 5. The van der Waals surface area contributed by atoms with Crippen LogP contribution >= 0.6 is 0 Å². The molecule has 5 rings (SSSR count). The zero-order valence-electron chi connectivity index (χ0n) is 20.6. The molecule has 2 fully saturated rings. The molecule has 1 aliphatic heterocycles. The van der Waals surface area contributed by atoms with Crippen LogP contribution in [0.3, 0.4) is 0 Å². The molecule has 0 bridgehead atoms. The van der Waals surface area contributed by atoms with Gasteiger partial charge in [0.05, 0.1) is 0 Å². The second kappa shape index (κ2) is 10.7. The molecule has 1 saturated carbocycles. The number of benzene rings is 3. The Bertz CT molecular complexity index is 1100. The van der Waals surface area contributed by atoms with Gasteiger partial charge in [-0.05, 0) is 80.5 Å². The summed E-state index contributed by atoms with van der Waals surface area (Å²) in [5, 5.41) is 0. The van der Waals surface area contributed by atoms with Crippen LogP contribution in [0.2, 0.25) is 0 Å². The number of hydrogen-bond donors (Lipinski definition) is 0. The number of aryl methyl sites for hydroxylation is 1. The van der Waals surface area contributed by atoms with E-state index in [4.69, 9.17) is 0 Å². The van der Waals surface area contributed by atoms with E-state index in [-0.39, 0.29) is 17.8 Å². The third-order valence-electron chi connectivity index (χ3n) is 7.91. The first-order chi connectivity index (χ1) is 17.1. The van der Waals surface area contributed by atoms with Crippen LogP contribution < -0.4 is 4.90 Å². The van der Waals surface area contributed by atoms with Gasteiger partial charge in [-0.15, -0.1) is 0 Å². The second-order valence-electron chi connectivity index (χ2n) is 10.2. The highest BCUT2D eigenvalue weighted by Gasteiger charge is 2.36. The van der Waals surface area contributed by atoms with Crippen LogP contribution in [0.4, 0.5) is 10.1 Å². The first-order valence-corrected chi connectivity index (χ1v) is 13.0. The number of carbonyl (C=O) groups is 1. The molecule has 1 aliphatic carbocycles. The SMILES string of the molecule is Cc1ccc(N(C(=O)c2ccc(F)cc2)C2CCN([C@@H]3CCCC[C@@H]3c3ccccc3)CC2)cc1. The van der Waals surface area contributed by atoms with Crippen molar-refractivity contribution in [3.05, 3.63) is 101 Å². The van der Waals surface area contributed by atoms with Crippen LogP contribution in [0.1, 0.15) is 65.9 Å². The fourth-order valence-electron chi connectivity index (χ4n) is 6.04. The summed E-state index contributed by atoms with van der Waals surface area (Å²) < 4.78 is 13.5. The zero-order chi connectivity index (χ0) is 24.2. The van der Waals surface area contributed by atoms with Crippen LogP contribution in [0.25, 0.3) is 0 Å². The van der Waals surface area contributed by atoms with Gasteiger partial charge in [0.25, 0.3) is 5.91 Å². The Hall–Kier alpha value is -2.98. The minimum absolute atomic E-state index is 0.0490. The lowest BCUT2D eigenvalue weighted by Crippen LogP contribution is -2.51. The molecule has 0 radical (unpaired) electrons. The first-order valence-electron chi connectivity index (χ1n) is 13.0. The lowest BCUT2D eigenvalue weighted by molar-refractivity contribution is 0.0895. The predicted octanol–water partition coefficient (Wildman–Crippen LogP) is 6.97. The predicted molar refractivity (Wildman–Crippen MR) is 140 cm³/mol. The van der Waals surface area contributed by atoms with Gasteiger partial charge in [-0.2, -0.15) is 0 Å². The van der Waals surface area contributed by atoms with Gasteiger partial charge in [-0.25, -0.2) is 4.39 Å². The van der Waals surface area contributed by atoms with Crippen LogP contribution in [0.5, 0.6) is 0 Å². The van der Waals surface area contributed by atoms with Crippen LogP contribution in [0.15, 0.2) is 78.9 Å². The lowest BCUT2D eigenvalue weighted by atomic mass is 9.78. The van der Waals surface area contributed by atoms with Gasteiger partial charge in [-0.3, -0.25) is 9.69 Å². The Morgan fingerprint density at radius 1 is 0.829 bits per heavy atom. The summed E-state index contributed by atoms with van der Waals surface area (Å²) in [7, 11) is 0. The van der Waals surface area contributed by atoms with Gasteiger partial charge in [0.15, 0.2) is 0 Å². The normalized spacial score (nSPS) is 21.5. The molecule has 3 aromatic rings. The highest BCUT2D eigenvalue weighted by Crippen LogP contribution is 2.38. The monoisotopic (exact) mass is 470 g/mol. The fourth-order valence-corrected chi connectivity index (χ4v) is 6.04. The minimum Gasteiger partial charge on any atom is -0.305 e. The van der Waals surface area contributed by atoms with Crippen molar-refractivity contribution in [3.8, 4) is 0 Å². The van der Waals surface area contributed by atoms with E-state index in [1.165, 1.54) is 48.9 Å². The van der Waals surface area contributed by atoms with Crippen molar-refractivity contribution in [2.75, 3.05) is 18.0 Å². The average molecular weight is 471 g/mol. The quantitative estimate of drug-likeness (QED) is 0.402. The molecule has 0 unspecified atom stereocenters. The van der Waals surface area contributed by atoms with Crippen molar-refractivity contribution in [3.63, 3.8) is 0 Å². The van der Waals surface area contributed by atoms with Crippen molar-refractivity contribution in [2.24, 2.45) is 0 Å². The van der Waals surface area contributed by atoms with E-state index in [2.05, 4.69) is 54.3 Å². The van der Waals surface area contributed by atoms with E-state index in [9.17, 15) is 9.18 Å². The summed E-state index contributed by atoms with van der Waals surface area (Å²) in [4.78, 5) is 18.3. The molecular formula is C31H35FN2O. The van der Waals surface area contributed by atoms with E-state index >= 15 is 0 Å². The molecule has 0 spiro atoms. The van der Waals surface area contributed by atoms with Crippen molar-refractivity contribution in [1.29, 1.82) is 0 Å². The third-order valence-corrected chi connectivity index (χ3v) is 7.91. The average Bonchev–Trinajstić information content (AvgIpc) is 2.91. The molecule has 35 heavy (non-hydrogen) atoms. The van der Waals surface area contributed by atoms with Crippen molar-refractivity contribution in [1.82, 2.24) is 4.90 Å². The topological polar surface area (TPSA) is 23.6 Å². The highest BCUT2D eigenvalue weighted by atomic mass is 19.1. The van der Waals surface area contributed by atoms with Gasteiger partial charge in [0.1, 0.15) is 5.82 Å². The maximum atomic E-state index is 13.7. The zero-order valence-corrected chi connectivity index (χ0v) is 20.6. The summed E-state index contributed by atoms with van der Waals surface area (Å²) >= 11 is 0. The number of amides is 1. The largest absolute Gasteiger partial charge is 0.305 e. The molecular weight excluding hydrogens is 435 g/mol. The molecule has 0 N–H and O–H groups in total. The molecule has 2 atom stereocenters. The van der Waals surface area contributed by atoms with E-state index in [0.717, 1.165) is 31.6 Å². The standard InChI is InChI=1S/C31H35FN2O/c1-23-11-17-27(18-12-23)34(31(35)25-13-15-26(32)16-14-25)28-19-21-33(22-20-28)30-10-6-5-9-29(30)24-7-3-2-4-8-24/h2-4,7-8,11-18,28-30H,5-6,9-10,19-22H2,1H3/t29-,30-/m1/s1. The Kier molecular flexibility index (Phi) is 7.29. The molecule has 2 aliphatic rings. The number of likely N-dealkylation sites (tertiary alicyclic amines) is 1. The maximum Gasteiger partial charge on any atom is 0.258 e. The molecule has 1 saturated heterocycles. The van der Waals surface area contributed by atoms with E-state index < -0.39 is 0 Å². The van der Waals surface area contributed by atoms with Gasteiger partial charge in [0, 0.05) is 36.4 Å². The highest BCUT2D eigenvalue weighted by molar-refractivity contribution is 6.06. The molecule has 1 amide bonds. The third kappa shape index (κ3) is 5.33. The van der Waals surface area contributed by atoms with Gasteiger partial charge >= 0.3 is 0 Å². The van der Waals surface area contributed by atoms with E-state index in [0.29, 0.717) is 17.5 Å². The number of hydrogen-bond acceptors (Lipinski definition) is 2. The van der Waals surface area contributed by atoms with Crippen LogP contribution in [-0.4, -0.2) is 36.0 Å². The molecule has 1 heterocycles. The Morgan fingerprint density at radius 3 is 2.17 bits per heavy atom. The van der Waals surface area contributed by atoms with Crippen molar-refractivity contribution < 1.29 is 9.18 Å². The maximum absolute atomic E-state index is 13.7. The number of carbonyl (C=O) groups excluding carboxylic acids is 1. The number of nitrogens with zero attached hydrogens (tertiary/aromatic N) is 2.